The molecular weight excluding hydrogens is 246 g/mol. The Morgan fingerprint density at radius 1 is 1.47 bits per heavy atom. The molecule has 1 N–H and O–H groups in total. The lowest BCUT2D eigenvalue weighted by Gasteiger charge is -2.16. The molecule has 2 rings (SSSR count). The third-order valence-electron chi connectivity index (χ3n) is 3.01. The van der Waals surface area contributed by atoms with Crippen molar-refractivity contribution in [1.82, 2.24) is 14.8 Å². The molecule has 0 radical (unpaired) electrons. The smallest absolute Gasteiger partial charge is 0.274 e. The van der Waals surface area contributed by atoms with E-state index in [0.717, 1.165) is 11.5 Å². The highest BCUT2D eigenvalue weighted by molar-refractivity contribution is 5.60. The minimum Gasteiger partial charge on any atom is -0.375 e. The van der Waals surface area contributed by atoms with Gasteiger partial charge in [0.2, 0.25) is 0 Å². The molecule has 0 fully saturated rings. The van der Waals surface area contributed by atoms with Gasteiger partial charge in [-0.05, 0) is 19.9 Å². The maximum Gasteiger partial charge on any atom is 0.274 e. The summed E-state index contributed by atoms with van der Waals surface area (Å²) in [5.41, 5.74) is 1.45. The Balaban J connectivity index is 2.27. The lowest BCUT2D eigenvalue weighted by Crippen LogP contribution is -2.13. The van der Waals surface area contributed by atoms with E-state index in [1.165, 1.54) is 6.07 Å². The first-order chi connectivity index (χ1) is 9.00. The largest absolute Gasteiger partial charge is 0.375 e. The highest BCUT2D eigenvalue weighted by Gasteiger charge is 2.16. The van der Waals surface area contributed by atoms with E-state index in [4.69, 9.17) is 0 Å². The molecule has 0 spiro atoms. The summed E-state index contributed by atoms with van der Waals surface area (Å²) in [6.07, 6.45) is 1.62. The zero-order chi connectivity index (χ0) is 14.0. The Bertz CT molecular complexity index is 608. The quantitative estimate of drug-likeness (QED) is 0.673. The number of nitrogens with zero attached hydrogens (tertiary/aromatic N) is 4. The van der Waals surface area contributed by atoms with Crippen molar-refractivity contribution in [2.45, 2.75) is 19.9 Å². The molecule has 1 aromatic heterocycles. The average molecular weight is 261 g/mol. The zero-order valence-electron chi connectivity index (χ0n) is 11.0. The van der Waals surface area contributed by atoms with Crippen LogP contribution < -0.4 is 5.32 Å². The second-order valence-corrected chi connectivity index (χ2v) is 4.37. The summed E-state index contributed by atoms with van der Waals surface area (Å²) in [4.78, 5) is 10.5. The molecular formula is C12H15N5O2. The molecule has 0 aliphatic carbocycles. The summed E-state index contributed by atoms with van der Waals surface area (Å²) in [6, 6.07) is 4.88. The summed E-state index contributed by atoms with van der Waals surface area (Å²) in [5, 5.41) is 21.9. The molecule has 0 amide bonds. The van der Waals surface area contributed by atoms with Crippen LogP contribution in [0.5, 0.6) is 0 Å². The Morgan fingerprint density at radius 2 is 2.21 bits per heavy atom. The van der Waals surface area contributed by atoms with Gasteiger partial charge in [0.25, 0.3) is 5.69 Å². The van der Waals surface area contributed by atoms with Gasteiger partial charge in [0.1, 0.15) is 6.33 Å². The lowest BCUT2D eigenvalue weighted by atomic mass is 10.1. The molecule has 0 aliphatic heterocycles. The van der Waals surface area contributed by atoms with Gasteiger partial charge in [0.05, 0.1) is 11.0 Å². The van der Waals surface area contributed by atoms with Crippen LogP contribution >= 0.6 is 0 Å². The number of aromatic nitrogens is 3. The topological polar surface area (TPSA) is 85.9 Å². The first-order valence-electron chi connectivity index (χ1n) is 5.85. The number of anilines is 1. The number of aryl methyl sites for hydroxylation is 1. The fraction of sp³-hybridized carbons (Fsp3) is 0.333. The predicted octanol–water partition coefficient (Wildman–Crippen LogP) is 2.20. The number of nitrogens with one attached hydrogen (secondary N) is 1. The molecule has 0 saturated carbocycles. The summed E-state index contributed by atoms with van der Waals surface area (Å²) in [6.45, 7) is 3.66. The Labute approximate surface area is 110 Å². The van der Waals surface area contributed by atoms with Crippen LogP contribution in [0.15, 0.2) is 24.5 Å². The molecule has 0 aliphatic rings. The predicted molar refractivity (Wildman–Crippen MR) is 70.9 cm³/mol. The van der Waals surface area contributed by atoms with E-state index in [1.54, 1.807) is 19.3 Å². The maximum absolute atomic E-state index is 10.9. The summed E-state index contributed by atoms with van der Waals surface area (Å²) >= 11 is 0. The van der Waals surface area contributed by atoms with Crippen molar-refractivity contribution in [1.29, 1.82) is 0 Å². The van der Waals surface area contributed by atoms with Gasteiger partial charge in [-0.25, -0.2) is 0 Å². The standard InChI is InChI=1S/C12H15N5O2/c1-8-10(5-4-6-11(8)17(18)19)14-9(2)12-15-13-7-16(12)3/h4-7,9,14H,1-3H3. The summed E-state index contributed by atoms with van der Waals surface area (Å²) < 4.78 is 1.81. The van der Waals surface area contributed by atoms with Crippen molar-refractivity contribution in [3.8, 4) is 0 Å². The first-order valence-corrected chi connectivity index (χ1v) is 5.85. The number of benzene rings is 1. The van der Waals surface area contributed by atoms with E-state index < -0.39 is 0 Å². The third kappa shape index (κ3) is 2.54. The molecule has 19 heavy (non-hydrogen) atoms. The van der Waals surface area contributed by atoms with Gasteiger partial charge < -0.3 is 9.88 Å². The molecule has 1 unspecified atom stereocenters. The number of nitro groups is 1. The fourth-order valence-corrected chi connectivity index (χ4v) is 1.96. The van der Waals surface area contributed by atoms with Gasteiger partial charge in [-0.2, -0.15) is 0 Å². The van der Waals surface area contributed by atoms with Crippen LogP contribution in [0, 0.1) is 17.0 Å². The molecule has 2 aromatic rings. The molecule has 7 heteroatoms. The Hall–Kier alpha value is -2.44. The van der Waals surface area contributed by atoms with Crippen LogP contribution in [-0.4, -0.2) is 19.7 Å². The van der Waals surface area contributed by atoms with Crippen molar-refractivity contribution in [2.75, 3.05) is 5.32 Å². The van der Waals surface area contributed by atoms with E-state index in [9.17, 15) is 10.1 Å². The molecule has 1 atom stereocenters. The normalized spacial score (nSPS) is 12.2. The van der Waals surface area contributed by atoms with Gasteiger partial charge in [0, 0.05) is 24.4 Å². The van der Waals surface area contributed by atoms with Crippen LogP contribution in [0.4, 0.5) is 11.4 Å². The highest BCUT2D eigenvalue weighted by atomic mass is 16.6. The van der Waals surface area contributed by atoms with Crippen LogP contribution in [0.1, 0.15) is 24.4 Å². The van der Waals surface area contributed by atoms with Crippen LogP contribution in [0.3, 0.4) is 0 Å². The molecule has 1 aromatic carbocycles. The summed E-state index contributed by atoms with van der Waals surface area (Å²) in [5.74, 6) is 0.769. The van der Waals surface area contributed by atoms with Crippen molar-refractivity contribution >= 4 is 11.4 Å². The zero-order valence-corrected chi connectivity index (χ0v) is 11.0. The second-order valence-electron chi connectivity index (χ2n) is 4.37. The van der Waals surface area contributed by atoms with E-state index in [0.29, 0.717) is 5.56 Å². The minimum absolute atomic E-state index is 0.0896. The molecule has 7 nitrogen and oxygen atoms in total. The van der Waals surface area contributed by atoms with Gasteiger partial charge in [-0.3, -0.25) is 10.1 Å². The van der Waals surface area contributed by atoms with E-state index in [-0.39, 0.29) is 16.7 Å². The van der Waals surface area contributed by atoms with Crippen molar-refractivity contribution in [3.63, 3.8) is 0 Å². The number of nitro benzene ring substituents is 1. The van der Waals surface area contributed by atoms with Crippen molar-refractivity contribution in [3.05, 3.63) is 46.0 Å². The average Bonchev–Trinajstić information content (AvgIpc) is 2.77. The first kappa shape index (κ1) is 13.0. The Kier molecular flexibility index (Phi) is 3.46. The van der Waals surface area contributed by atoms with Gasteiger partial charge in [-0.15, -0.1) is 10.2 Å². The van der Waals surface area contributed by atoms with Gasteiger partial charge in [0.15, 0.2) is 5.82 Å². The van der Waals surface area contributed by atoms with Crippen LogP contribution in [-0.2, 0) is 7.05 Å². The third-order valence-corrected chi connectivity index (χ3v) is 3.01. The monoisotopic (exact) mass is 261 g/mol. The molecule has 0 bridgehead atoms. The molecule has 0 saturated heterocycles. The minimum atomic E-state index is -0.381. The summed E-state index contributed by atoms with van der Waals surface area (Å²) in [7, 11) is 1.85. The SMILES string of the molecule is Cc1c(NC(C)c2nncn2C)cccc1[N+](=O)[O-]. The second kappa shape index (κ2) is 5.05. The van der Waals surface area contributed by atoms with Crippen LogP contribution in [0.2, 0.25) is 0 Å². The van der Waals surface area contributed by atoms with E-state index in [2.05, 4.69) is 15.5 Å². The number of rotatable bonds is 4. The fourth-order valence-electron chi connectivity index (χ4n) is 1.96. The van der Waals surface area contributed by atoms with Crippen molar-refractivity contribution in [2.24, 2.45) is 7.05 Å². The number of hydrogen-bond donors (Lipinski definition) is 1. The Morgan fingerprint density at radius 3 is 2.79 bits per heavy atom. The van der Waals surface area contributed by atoms with Crippen molar-refractivity contribution < 1.29 is 4.92 Å². The maximum atomic E-state index is 10.9. The van der Waals surface area contributed by atoms with E-state index >= 15 is 0 Å². The molecule has 1 heterocycles. The lowest BCUT2D eigenvalue weighted by molar-refractivity contribution is -0.385. The van der Waals surface area contributed by atoms with Gasteiger partial charge >= 0.3 is 0 Å². The van der Waals surface area contributed by atoms with Gasteiger partial charge in [-0.1, -0.05) is 6.07 Å². The van der Waals surface area contributed by atoms with Crippen LogP contribution in [0.25, 0.3) is 0 Å². The molecule has 100 valence electrons. The van der Waals surface area contributed by atoms with E-state index in [1.807, 2.05) is 24.6 Å². The highest BCUT2D eigenvalue weighted by Crippen LogP contribution is 2.27. The number of hydrogen-bond acceptors (Lipinski definition) is 5.